The molecular weight excluding hydrogens is 394 g/mol. The van der Waals surface area contributed by atoms with Gasteiger partial charge in [-0.1, -0.05) is 29.8 Å². The zero-order valence-electron chi connectivity index (χ0n) is 18.2. The molecule has 8 heteroatoms. The Morgan fingerprint density at radius 3 is 2.65 bits per heavy atom. The quantitative estimate of drug-likeness (QED) is 0.653. The van der Waals surface area contributed by atoms with Gasteiger partial charge in [-0.25, -0.2) is 4.68 Å². The minimum absolute atomic E-state index is 0.229. The molecule has 0 bridgehead atoms. The molecule has 1 atom stereocenters. The van der Waals surface area contributed by atoms with Crippen LogP contribution in [0.1, 0.15) is 29.7 Å². The van der Waals surface area contributed by atoms with Crippen molar-refractivity contribution in [1.82, 2.24) is 14.8 Å². The molecule has 0 fully saturated rings. The minimum atomic E-state index is -0.547. The van der Waals surface area contributed by atoms with Crippen molar-refractivity contribution in [1.29, 1.82) is 0 Å². The van der Waals surface area contributed by atoms with Crippen LogP contribution in [-0.4, -0.2) is 34.9 Å². The summed E-state index contributed by atoms with van der Waals surface area (Å²) in [4.78, 5) is 17.8. The molecule has 1 aliphatic rings. The van der Waals surface area contributed by atoms with Crippen LogP contribution in [-0.2, 0) is 4.79 Å². The first-order chi connectivity index (χ1) is 14.9. The van der Waals surface area contributed by atoms with Gasteiger partial charge in [0.2, 0.25) is 5.95 Å². The Labute approximate surface area is 180 Å². The second-order valence-corrected chi connectivity index (χ2v) is 7.45. The Bertz CT molecular complexity index is 1180. The van der Waals surface area contributed by atoms with E-state index in [1.807, 2.05) is 57.2 Å². The average Bonchev–Trinajstić information content (AvgIpc) is 3.21. The molecule has 2 N–H and O–H groups in total. The number of anilines is 2. The molecule has 2 heterocycles. The summed E-state index contributed by atoms with van der Waals surface area (Å²) in [6.45, 7) is 5.85. The van der Waals surface area contributed by atoms with Crippen LogP contribution < -0.4 is 20.1 Å². The average molecular weight is 419 g/mol. The zero-order valence-corrected chi connectivity index (χ0v) is 18.2. The highest BCUT2D eigenvalue weighted by Crippen LogP contribution is 2.42. The minimum Gasteiger partial charge on any atom is -0.493 e. The van der Waals surface area contributed by atoms with Crippen molar-refractivity contribution in [2.45, 2.75) is 26.8 Å². The second-order valence-electron chi connectivity index (χ2n) is 7.45. The van der Waals surface area contributed by atoms with E-state index >= 15 is 0 Å². The Morgan fingerprint density at radius 2 is 1.94 bits per heavy atom. The predicted octanol–water partition coefficient (Wildman–Crippen LogP) is 3.84. The van der Waals surface area contributed by atoms with Crippen molar-refractivity contribution in [3.8, 4) is 11.5 Å². The third-order valence-electron chi connectivity index (χ3n) is 5.40. The highest BCUT2D eigenvalue weighted by atomic mass is 16.5. The van der Waals surface area contributed by atoms with Crippen molar-refractivity contribution < 1.29 is 14.3 Å². The van der Waals surface area contributed by atoms with E-state index in [0.29, 0.717) is 28.7 Å². The number of carbonyl (C=O) groups is 1. The predicted molar refractivity (Wildman–Crippen MR) is 119 cm³/mol. The number of hydrogen-bond donors (Lipinski definition) is 2. The Balaban J connectivity index is 1.83. The Kier molecular flexibility index (Phi) is 5.37. The van der Waals surface area contributed by atoms with Crippen LogP contribution in [0.25, 0.3) is 0 Å². The number of amides is 1. The summed E-state index contributed by atoms with van der Waals surface area (Å²) in [6, 6.07) is 11.0. The largest absolute Gasteiger partial charge is 0.493 e. The van der Waals surface area contributed by atoms with Crippen LogP contribution in [0.2, 0.25) is 0 Å². The van der Waals surface area contributed by atoms with Crippen molar-refractivity contribution in [3.05, 3.63) is 70.7 Å². The zero-order chi connectivity index (χ0) is 22.1. The van der Waals surface area contributed by atoms with Crippen LogP contribution >= 0.6 is 0 Å². The van der Waals surface area contributed by atoms with Gasteiger partial charge in [-0.2, -0.15) is 10.1 Å². The maximum Gasteiger partial charge on any atom is 0.255 e. The van der Waals surface area contributed by atoms with Crippen molar-refractivity contribution in [2.75, 3.05) is 24.9 Å². The van der Waals surface area contributed by atoms with E-state index in [2.05, 4.69) is 20.7 Å². The van der Waals surface area contributed by atoms with E-state index in [1.54, 1.807) is 18.9 Å². The van der Waals surface area contributed by atoms with E-state index in [1.165, 1.54) is 6.33 Å². The standard InChI is InChI=1S/C23H25N5O3/c1-13-9-10-17(14(2)11-13)27-22(29)19-15(3)26-23-24-12-25-28(23)20(19)16-7-6-8-18(30-4)21(16)31-5/h6-12,20H,1-5H3,(H,27,29)(H,24,25,26)/t20-/m1/s1. The fourth-order valence-electron chi connectivity index (χ4n) is 3.94. The lowest BCUT2D eigenvalue weighted by atomic mass is 9.93. The van der Waals surface area contributed by atoms with Crippen LogP contribution in [0.3, 0.4) is 0 Å². The van der Waals surface area contributed by atoms with Gasteiger partial charge in [-0.05, 0) is 38.5 Å². The van der Waals surface area contributed by atoms with Crippen molar-refractivity contribution in [2.24, 2.45) is 0 Å². The highest BCUT2D eigenvalue weighted by Gasteiger charge is 2.36. The van der Waals surface area contributed by atoms with Gasteiger partial charge >= 0.3 is 0 Å². The normalized spacial score (nSPS) is 15.2. The number of benzene rings is 2. The SMILES string of the molecule is COc1cccc([C@@H]2C(C(=O)Nc3ccc(C)cc3C)=C(C)Nc3ncnn32)c1OC. The van der Waals surface area contributed by atoms with Gasteiger partial charge in [-0.3, -0.25) is 4.79 Å². The highest BCUT2D eigenvalue weighted by molar-refractivity contribution is 6.06. The number of hydrogen-bond acceptors (Lipinski definition) is 6. The maximum absolute atomic E-state index is 13.5. The number of nitrogens with zero attached hydrogens (tertiary/aromatic N) is 3. The number of methoxy groups -OCH3 is 2. The van der Waals surface area contributed by atoms with Crippen LogP contribution in [0.5, 0.6) is 11.5 Å². The van der Waals surface area contributed by atoms with Gasteiger partial charge in [0.05, 0.1) is 19.8 Å². The molecule has 8 nitrogen and oxygen atoms in total. The first-order valence-electron chi connectivity index (χ1n) is 9.91. The summed E-state index contributed by atoms with van der Waals surface area (Å²) < 4.78 is 12.8. The van der Waals surface area contributed by atoms with Crippen molar-refractivity contribution >= 4 is 17.5 Å². The number of nitrogens with one attached hydrogen (secondary N) is 2. The molecule has 0 saturated carbocycles. The fourth-order valence-corrected chi connectivity index (χ4v) is 3.94. The lowest BCUT2D eigenvalue weighted by Gasteiger charge is -2.30. The number of aromatic nitrogens is 3. The molecule has 1 amide bonds. The van der Waals surface area contributed by atoms with Crippen LogP contribution in [0.15, 0.2) is 54.0 Å². The monoisotopic (exact) mass is 419 g/mol. The lowest BCUT2D eigenvalue weighted by Crippen LogP contribution is -2.32. The number of ether oxygens (including phenoxy) is 2. The number of aryl methyl sites for hydroxylation is 2. The molecule has 31 heavy (non-hydrogen) atoms. The van der Waals surface area contributed by atoms with E-state index in [9.17, 15) is 4.79 Å². The molecule has 0 saturated heterocycles. The van der Waals surface area contributed by atoms with Gasteiger partial charge in [0.1, 0.15) is 12.4 Å². The molecule has 1 aliphatic heterocycles. The van der Waals surface area contributed by atoms with Crippen LogP contribution in [0, 0.1) is 13.8 Å². The first-order valence-corrected chi connectivity index (χ1v) is 9.91. The van der Waals surface area contributed by atoms with Gasteiger partial charge < -0.3 is 20.1 Å². The Hall–Kier alpha value is -3.81. The van der Waals surface area contributed by atoms with Gasteiger partial charge in [0.15, 0.2) is 11.5 Å². The summed E-state index contributed by atoms with van der Waals surface area (Å²) in [5.74, 6) is 1.44. The molecule has 4 rings (SSSR count). The number of allylic oxidation sites excluding steroid dienone is 1. The van der Waals surface area contributed by atoms with Gasteiger partial charge in [0, 0.05) is 16.9 Å². The number of para-hydroxylation sites is 1. The van der Waals surface area contributed by atoms with Crippen LogP contribution in [0.4, 0.5) is 11.6 Å². The molecule has 3 aromatic rings. The summed E-state index contributed by atoms with van der Waals surface area (Å²) in [5, 5.41) is 10.6. The van der Waals surface area contributed by atoms with Gasteiger partial charge in [-0.15, -0.1) is 0 Å². The molecule has 0 radical (unpaired) electrons. The lowest BCUT2D eigenvalue weighted by molar-refractivity contribution is -0.113. The molecule has 2 aromatic carbocycles. The number of rotatable bonds is 5. The van der Waals surface area contributed by atoms with E-state index < -0.39 is 6.04 Å². The number of carbonyl (C=O) groups excluding carboxylic acids is 1. The Morgan fingerprint density at radius 1 is 1.13 bits per heavy atom. The topological polar surface area (TPSA) is 90.3 Å². The first kappa shape index (κ1) is 20.5. The third kappa shape index (κ3) is 3.61. The molecule has 0 unspecified atom stereocenters. The molecule has 0 spiro atoms. The molecule has 160 valence electrons. The summed E-state index contributed by atoms with van der Waals surface area (Å²) in [5.41, 5.74) is 4.85. The van der Waals surface area contributed by atoms with Gasteiger partial charge in [0.25, 0.3) is 5.91 Å². The molecule has 0 aliphatic carbocycles. The summed E-state index contributed by atoms with van der Waals surface area (Å²) in [7, 11) is 3.16. The molecule has 1 aromatic heterocycles. The number of fused-ring (bicyclic) bond motifs is 1. The third-order valence-corrected chi connectivity index (χ3v) is 5.40. The van der Waals surface area contributed by atoms with E-state index in [-0.39, 0.29) is 5.91 Å². The summed E-state index contributed by atoms with van der Waals surface area (Å²) in [6.07, 6.45) is 1.46. The van der Waals surface area contributed by atoms with E-state index in [0.717, 1.165) is 22.4 Å². The second kappa shape index (κ2) is 8.14. The fraction of sp³-hybridized carbons (Fsp3) is 0.261. The smallest absolute Gasteiger partial charge is 0.255 e. The maximum atomic E-state index is 13.5. The van der Waals surface area contributed by atoms with E-state index in [4.69, 9.17) is 9.47 Å². The molecular formula is C23H25N5O3. The van der Waals surface area contributed by atoms with Crippen molar-refractivity contribution in [3.63, 3.8) is 0 Å². The summed E-state index contributed by atoms with van der Waals surface area (Å²) >= 11 is 0.